The molecule has 0 aliphatic carbocycles. The highest BCUT2D eigenvalue weighted by molar-refractivity contribution is 5.89. The maximum atomic E-state index is 12.8. The number of likely N-dealkylation sites (tertiary alicyclic amines) is 1. The first-order chi connectivity index (χ1) is 11.8. The zero-order valence-corrected chi connectivity index (χ0v) is 13.3. The molecule has 3 heterocycles. The monoisotopic (exact) mass is 324 g/mol. The van der Waals surface area contributed by atoms with Gasteiger partial charge >= 0.3 is 6.03 Å². The summed E-state index contributed by atoms with van der Waals surface area (Å²) in [4.78, 5) is 14.7. The Morgan fingerprint density at radius 1 is 1.21 bits per heavy atom. The molecule has 6 nitrogen and oxygen atoms in total. The number of benzene rings is 1. The van der Waals surface area contributed by atoms with Gasteiger partial charge in [-0.05, 0) is 18.1 Å². The van der Waals surface area contributed by atoms with Gasteiger partial charge in [-0.3, -0.25) is 0 Å². The Morgan fingerprint density at radius 3 is 2.88 bits per heavy atom. The van der Waals surface area contributed by atoms with Crippen LogP contribution in [-0.2, 0) is 4.74 Å². The lowest BCUT2D eigenvalue weighted by Gasteiger charge is -2.32. The minimum Gasteiger partial charge on any atom is -0.381 e. The summed E-state index contributed by atoms with van der Waals surface area (Å²) in [5, 5.41) is 10.5. The number of carbonyl (C=O) groups excluding carboxylic acids is 1. The smallest absolute Gasteiger partial charge is 0.322 e. The molecule has 24 heavy (non-hydrogen) atoms. The molecule has 2 saturated heterocycles. The van der Waals surface area contributed by atoms with Gasteiger partial charge in [0.1, 0.15) is 0 Å². The van der Waals surface area contributed by atoms with Crippen molar-refractivity contribution in [2.75, 3.05) is 25.1 Å². The van der Waals surface area contributed by atoms with Crippen LogP contribution in [-0.4, -0.2) is 46.9 Å². The first-order valence-electron chi connectivity index (χ1n) is 8.30. The number of hydrogen-bond donors (Lipinski definition) is 1. The molecule has 2 aliphatic heterocycles. The van der Waals surface area contributed by atoms with Gasteiger partial charge in [-0.25, -0.2) is 4.79 Å². The zero-order chi connectivity index (χ0) is 16.4. The summed E-state index contributed by atoms with van der Waals surface area (Å²) in [5.74, 6) is 0.667. The van der Waals surface area contributed by atoms with E-state index in [0.29, 0.717) is 37.3 Å². The third kappa shape index (κ3) is 2.85. The van der Waals surface area contributed by atoms with Gasteiger partial charge in [0.15, 0.2) is 0 Å². The van der Waals surface area contributed by atoms with Crippen molar-refractivity contribution < 1.29 is 9.53 Å². The van der Waals surface area contributed by atoms with Gasteiger partial charge in [-0.15, -0.1) is 0 Å². The van der Waals surface area contributed by atoms with Gasteiger partial charge in [0.25, 0.3) is 0 Å². The second-order valence-electron chi connectivity index (χ2n) is 6.33. The summed E-state index contributed by atoms with van der Waals surface area (Å²) in [7, 11) is 0. The molecule has 0 bridgehead atoms. The van der Waals surface area contributed by atoms with Crippen LogP contribution >= 0.6 is 0 Å². The van der Waals surface area contributed by atoms with Gasteiger partial charge in [0.05, 0.1) is 24.7 Å². The van der Waals surface area contributed by atoms with Gasteiger partial charge in [-0.1, -0.05) is 30.3 Å². The number of aromatic nitrogens is 2. The van der Waals surface area contributed by atoms with Crippen LogP contribution in [0.4, 0.5) is 10.5 Å². The van der Waals surface area contributed by atoms with Crippen molar-refractivity contribution >= 4 is 11.7 Å². The molecule has 3 atom stereocenters. The highest BCUT2D eigenvalue weighted by atomic mass is 16.5. The van der Waals surface area contributed by atoms with Crippen molar-refractivity contribution in [2.24, 2.45) is 5.92 Å². The first kappa shape index (κ1) is 15.1. The minimum atomic E-state index is -0.0710. The molecule has 0 spiro atoms. The standard InChI is InChI=1S/C18H20N4O2/c23-18(21-14-6-8-19-20-10-14)22-11-15(13-4-2-1-3-5-13)16-12-24-9-7-17(16)22/h1-6,8,10,15-17H,7,9,11-12H2,(H,19,21,23). The average Bonchev–Trinajstić information content (AvgIpc) is 3.03. The van der Waals surface area contributed by atoms with Gasteiger partial charge in [-0.2, -0.15) is 10.2 Å². The van der Waals surface area contributed by atoms with E-state index in [0.717, 1.165) is 6.42 Å². The van der Waals surface area contributed by atoms with Crippen LogP contribution < -0.4 is 5.32 Å². The largest absolute Gasteiger partial charge is 0.381 e. The normalized spacial score (nSPS) is 26.0. The summed E-state index contributed by atoms with van der Waals surface area (Å²) in [6.45, 7) is 2.14. The molecule has 2 aromatic rings. The van der Waals surface area contributed by atoms with E-state index < -0.39 is 0 Å². The molecule has 124 valence electrons. The van der Waals surface area contributed by atoms with Crippen molar-refractivity contribution in [2.45, 2.75) is 18.4 Å². The number of amides is 2. The molecular formula is C18H20N4O2. The molecule has 0 saturated carbocycles. The number of nitrogens with zero attached hydrogens (tertiary/aromatic N) is 3. The second kappa shape index (κ2) is 6.57. The number of nitrogens with one attached hydrogen (secondary N) is 1. The van der Waals surface area contributed by atoms with E-state index in [4.69, 9.17) is 4.74 Å². The minimum absolute atomic E-state index is 0.0710. The van der Waals surface area contributed by atoms with E-state index in [-0.39, 0.29) is 12.1 Å². The van der Waals surface area contributed by atoms with Crippen LogP contribution in [0, 0.1) is 5.92 Å². The fraction of sp³-hybridized carbons (Fsp3) is 0.389. The highest BCUT2D eigenvalue weighted by Crippen LogP contribution is 2.41. The van der Waals surface area contributed by atoms with E-state index in [2.05, 4.69) is 39.8 Å². The quantitative estimate of drug-likeness (QED) is 0.922. The first-order valence-corrected chi connectivity index (χ1v) is 8.30. The number of rotatable bonds is 2. The maximum absolute atomic E-state index is 12.8. The molecule has 4 rings (SSSR count). The second-order valence-corrected chi connectivity index (χ2v) is 6.33. The molecule has 1 aromatic carbocycles. The van der Waals surface area contributed by atoms with Crippen molar-refractivity contribution in [1.82, 2.24) is 15.1 Å². The Bertz CT molecular complexity index is 695. The summed E-state index contributed by atoms with van der Waals surface area (Å²) < 4.78 is 5.70. The van der Waals surface area contributed by atoms with E-state index in [9.17, 15) is 4.79 Å². The molecule has 1 N–H and O–H groups in total. The molecule has 3 unspecified atom stereocenters. The third-order valence-electron chi connectivity index (χ3n) is 5.00. The predicted molar refractivity (Wildman–Crippen MR) is 89.7 cm³/mol. The van der Waals surface area contributed by atoms with Crippen LogP contribution in [0.2, 0.25) is 0 Å². The van der Waals surface area contributed by atoms with Crippen molar-refractivity contribution in [1.29, 1.82) is 0 Å². The van der Waals surface area contributed by atoms with Crippen LogP contribution in [0.5, 0.6) is 0 Å². The molecule has 2 fully saturated rings. The molecular weight excluding hydrogens is 304 g/mol. The van der Waals surface area contributed by atoms with E-state index in [1.165, 1.54) is 5.56 Å². The third-order valence-corrected chi connectivity index (χ3v) is 5.00. The Morgan fingerprint density at radius 2 is 2.08 bits per heavy atom. The van der Waals surface area contributed by atoms with Crippen LogP contribution in [0.1, 0.15) is 17.9 Å². The Labute approximate surface area is 140 Å². The van der Waals surface area contributed by atoms with E-state index in [1.54, 1.807) is 18.5 Å². The number of urea groups is 1. The van der Waals surface area contributed by atoms with Gasteiger partial charge < -0.3 is 15.0 Å². The SMILES string of the molecule is O=C(Nc1ccnnc1)N1CC(c2ccccc2)C2COCCC21. The summed E-state index contributed by atoms with van der Waals surface area (Å²) in [5.41, 5.74) is 1.95. The lowest BCUT2D eigenvalue weighted by Crippen LogP contribution is -2.44. The number of anilines is 1. The molecule has 1 aromatic heterocycles. The Balaban J connectivity index is 1.56. The molecule has 2 aliphatic rings. The zero-order valence-electron chi connectivity index (χ0n) is 13.3. The number of carbonyl (C=O) groups is 1. The topological polar surface area (TPSA) is 67.4 Å². The summed E-state index contributed by atoms with van der Waals surface area (Å²) in [6, 6.07) is 12.3. The molecule has 6 heteroatoms. The number of hydrogen-bond acceptors (Lipinski definition) is 4. The van der Waals surface area contributed by atoms with Crippen LogP contribution in [0.25, 0.3) is 0 Å². The average molecular weight is 324 g/mol. The summed E-state index contributed by atoms with van der Waals surface area (Å²) >= 11 is 0. The fourth-order valence-corrected chi connectivity index (χ4v) is 3.85. The van der Waals surface area contributed by atoms with E-state index in [1.807, 2.05) is 11.0 Å². The Hall–Kier alpha value is -2.47. The van der Waals surface area contributed by atoms with Crippen LogP contribution in [0.15, 0.2) is 48.8 Å². The van der Waals surface area contributed by atoms with Gasteiger partial charge in [0.2, 0.25) is 0 Å². The number of ether oxygens (including phenoxy) is 1. The maximum Gasteiger partial charge on any atom is 0.322 e. The highest BCUT2D eigenvalue weighted by Gasteiger charge is 2.45. The molecule has 2 amide bonds. The Kier molecular flexibility index (Phi) is 4.13. The van der Waals surface area contributed by atoms with Crippen LogP contribution in [0.3, 0.4) is 0 Å². The number of fused-ring (bicyclic) bond motifs is 1. The van der Waals surface area contributed by atoms with Crippen molar-refractivity contribution in [3.05, 3.63) is 54.4 Å². The predicted octanol–water partition coefficient (Wildman–Crippen LogP) is 2.51. The van der Waals surface area contributed by atoms with E-state index >= 15 is 0 Å². The van der Waals surface area contributed by atoms with Crippen molar-refractivity contribution in [3.63, 3.8) is 0 Å². The fourth-order valence-electron chi connectivity index (χ4n) is 3.85. The summed E-state index contributed by atoms with van der Waals surface area (Å²) in [6.07, 6.45) is 4.02. The van der Waals surface area contributed by atoms with Gasteiger partial charge in [0, 0.05) is 31.0 Å². The lowest BCUT2D eigenvalue weighted by molar-refractivity contribution is 0.0272. The van der Waals surface area contributed by atoms with Crippen molar-refractivity contribution in [3.8, 4) is 0 Å². The lowest BCUT2D eigenvalue weighted by atomic mass is 9.84. The molecule has 0 radical (unpaired) electrons.